The lowest BCUT2D eigenvalue weighted by Crippen LogP contribution is -2.23. The van der Waals surface area contributed by atoms with Gasteiger partial charge in [0.15, 0.2) is 17.0 Å². The number of hydrogen-bond acceptors (Lipinski definition) is 7. The standard InChI is InChI=1S/C23H22N8O2/c1-28-6-5-13-7-14(3-4-17(13)28)30-8-15-16(9-30)19(15)21-26-18(33-27-21)10-31-12-25-22-20(23(31)32)29(2)11-24-22/h3-7,11-12,15-16,19H,8-10H2,1-2H3/t15-,16+,19+. The summed E-state index contributed by atoms with van der Waals surface area (Å²) in [6, 6.07) is 8.83. The molecule has 0 N–H and O–H groups in total. The molecule has 3 atom stereocenters. The molecule has 0 bridgehead atoms. The summed E-state index contributed by atoms with van der Waals surface area (Å²) in [5.41, 5.74) is 3.24. The largest absolute Gasteiger partial charge is 0.371 e. The van der Waals surface area contributed by atoms with Crippen molar-refractivity contribution in [2.75, 3.05) is 18.0 Å². The first-order chi connectivity index (χ1) is 16.1. The van der Waals surface area contributed by atoms with Gasteiger partial charge in [0.1, 0.15) is 12.9 Å². The highest BCUT2D eigenvalue weighted by Gasteiger charge is 2.58. The molecule has 7 rings (SSSR count). The number of piperidine rings is 1. The number of imidazole rings is 1. The van der Waals surface area contributed by atoms with E-state index in [0.717, 1.165) is 18.9 Å². The summed E-state index contributed by atoms with van der Waals surface area (Å²) in [6.07, 6.45) is 5.16. The highest BCUT2D eigenvalue weighted by Crippen LogP contribution is 2.58. The molecule has 2 aliphatic rings. The SMILES string of the molecule is Cn1ccc2cc(N3C[C@@H]4[C@H](C3)[C@H]4c3noc(Cn4cnc5ncn(C)c5c4=O)n3)ccc21. The second kappa shape index (κ2) is 6.53. The van der Waals surface area contributed by atoms with Gasteiger partial charge in [-0.1, -0.05) is 5.16 Å². The van der Waals surface area contributed by atoms with E-state index in [1.165, 1.54) is 27.5 Å². The van der Waals surface area contributed by atoms with Crippen LogP contribution in [0.15, 0.2) is 52.4 Å². The highest BCUT2D eigenvalue weighted by molar-refractivity contribution is 5.84. The molecule has 0 radical (unpaired) electrons. The zero-order valence-corrected chi connectivity index (χ0v) is 18.3. The Labute approximate surface area is 188 Å². The predicted molar refractivity (Wildman–Crippen MR) is 121 cm³/mol. The molecule has 5 aromatic rings. The topological polar surface area (TPSA) is 99.8 Å². The Hall–Kier alpha value is -3.95. The van der Waals surface area contributed by atoms with E-state index in [0.29, 0.717) is 34.8 Å². The molecule has 1 aromatic carbocycles. The van der Waals surface area contributed by atoms with Crippen molar-refractivity contribution >= 4 is 27.8 Å². The van der Waals surface area contributed by atoms with Crippen LogP contribution in [-0.2, 0) is 20.6 Å². The minimum Gasteiger partial charge on any atom is -0.371 e. The predicted octanol–water partition coefficient (Wildman–Crippen LogP) is 1.90. The average Bonchev–Trinajstić information content (AvgIpc) is 3.35. The van der Waals surface area contributed by atoms with Gasteiger partial charge in [0, 0.05) is 55.9 Å². The summed E-state index contributed by atoms with van der Waals surface area (Å²) in [7, 11) is 3.85. The van der Waals surface area contributed by atoms with Crippen LogP contribution in [0, 0.1) is 11.8 Å². The second-order valence-corrected chi connectivity index (χ2v) is 9.18. The summed E-state index contributed by atoms with van der Waals surface area (Å²) in [4.78, 5) is 28.2. The minimum atomic E-state index is -0.172. The van der Waals surface area contributed by atoms with Crippen molar-refractivity contribution in [2.45, 2.75) is 12.5 Å². The maximum atomic E-state index is 12.7. The molecule has 33 heavy (non-hydrogen) atoms. The molecule has 0 unspecified atom stereocenters. The van der Waals surface area contributed by atoms with Gasteiger partial charge in [0.25, 0.3) is 5.56 Å². The fraction of sp³-hybridized carbons (Fsp3) is 0.348. The Morgan fingerprint density at radius 1 is 1.06 bits per heavy atom. The van der Waals surface area contributed by atoms with Gasteiger partial charge in [-0.3, -0.25) is 9.36 Å². The minimum absolute atomic E-state index is 0.172. The number of fused-ring (bicyclic) bond motifs is 3. The second-order valence-electron chi connectivity index (χ2n) is 9.18. The molecule has 166 valence electrons. The molecule has 0 spiro atoms. The van der Waals surface area contributed by atoms with Crippen LogP contribution >= 0.6 is 0 Å². The number of anilines is 1. The van der Waals surface area contributed by atoms with E-state index < -0.39 is 0 Å². The van der Waals surface area contributed by atoms with Gasteiger partial charge in [0.2, 0.25) is 5.89 Å². The summed E-state index contributed by atoms with van der Waals surface area (Å²) >= 11 is 0. The van der Waals surface area contributed by atoms with Gasteiger partial charge >= 0.3 is 0 Å². The first-order valence-corrected chi connectivity index (χ1v) is 11.1. The van der Waals surface area contributed by atoms with Crippen molar-refractivity contribution in [1.82, 2.24) is 33.8 Å². The number of rotatable bonds is 4. The number of benzene rings is 1. The van der Waals surface area contributed by atoms with Gasteiger partial charge in [-0.2, -0.15) is 4.98 Å². The molecule has 4 aromatic heterocycles. The van der Waals surface area contributed by atoms with E-state index in [-0.39, 0.29) is 12.1 Å². The molecular formula is C23H22N8O2. The van der Waals surface area contributed by atoms with E-state index in [1.54, 1.807) is 17.9 Å². The fourth-order valence-corrected chi connectivity index (χ4v) is 5.38. The third-order valence-electron chi connectivity index (χ3n) is 7.22. The molecular weight excluding hydrogens is 420 g/mol. The number of nitrogens with zero attached hydrogens (tertiary/aromatic N) is 8. The molecule has 5 heterocycles. The van der Waals surface area contributed by atoms with E-state index in [9.17, 15) is 4.79 Å². The first kappa shape index (κ1) is 18.6. The third-order valence-corrected chi connectivity index (χ3v) is 7.22. The molecule has 10 heteroatoms. The van der Waals surface area contributed by atoms with Crippen LogP contribution in [0.4, 0.5) is 5.69 Å². The quantitative estimate of drug-likeness (QED) is 0.419. The molecule has 1 aliphatic carbocycles. The van der Waals surface area contributed by atoms with Crippen molar-refractivity contribution in [3.05, 3.63) is 65.2 Å². The molecule has 0 amide bonds. The summed E-state index contributed by atoms with van der Waals surface area (Å²) < 4.78 is 10.8. The zero-order valence-electron chi connectivity index (χ0n) is 18.3. The van der Waals surface area contributed by atoms with Crippen molar-refractivity contribution in [3.63, 3.8) is 0 Å². The van der Waals surface area contributed by atoms with Crippen LogP contribution in [0.25, 0.3) is 22.1 Å². The van der Waals surface area contributed by atoms with Crippen molar-refractivity contribution < 1.29 is 4.52 Å². The molecule has 2 fully saturated rings. The summed E-state index contributed by atoms with van der Waals surface area (Å²) in [5, 5.41) is 5.50. The van der Waals surface area contributed by atoms with Crippen LogP contribution in [0.5, 0.6) is 0 Å². The van der Waals surface area contributed by atoms with E-state index >= 15 is 0 Å². The lowest BCUT2D eigenvalue weighted by atomic mass is 10.2. The van der Waals surface area contributed by atoms with Crippen molar-refractivity contribution in [2.24, 2.45) is 25.9 Å². The van der Waals surface area contributed by atoms with Gasteiger partial charge in [0.05, 0.1) is 6.33 Å². The van der Waals surface area contributed by atoms with Gasteiger partial charge in [-0.05, 0) is 36.1 Å². The van der Waals surface area contributed by atoms with Crippen molar-refractivity contribution in [1.29, 1.82) is 0 Å². The Kier molecular flexibility index (Phi) is 3.68. The third kappa shape index (κ3) is 2.76. The maximum absolute atomic E-state index is 12.7. The molecule has 1 saturated carbocycles. The van der Waals surface area contributed by atoms with E-state index in [1.807, 2.05) is 0 Å². The van der Waals surface area contributed by atoms with E-state index in [4.69, 9.17) is 4.52 Å². The number of aromatic nitrogens is 7. The molecule has 1 saturated heterocycles. The Balaban J connectivity index is 1.06. The summed E-state index contributed by atoms with van der Waals surface area (Å²) in [6.45, 7) is 2.20. The van der Waals surface area contributed by atoms with Gasteiger partial charge in [-0.15, -0.1) is 0 Å². The average molecular weight is 442 g/mol. The maximum Gasteiger partial charge on any atom is 0.280 e. The normalized spacial score (nSPS) is 21.9. The fourth-order valence-electron chi connectivity index (χ4n) is 5.38. The Morgan fingerprint density at radius 3 is 2.73 bits per heavy atom. The smallest absolute Gasteiger partial charge is 0.280 e. The summed E-state index contributed by atoms with van der Waals surface area (Å²) in [5.74, 6) is 2.58. The molecule has 10 nitrogen and oxygen atoms in total. The number of hydrogen-bond donors (Lipinski definition) is 0. The molecule has 1 aliphatic heterocycles. The van der Waals surface area contributed by atoms with Crippen LogP contribution < -0.4 is 10.5 Å². The Morgan fingerprint density at radius 2 is 1.88 bits per heavy atom. The first-order valence-electron chi connectivity index (χ1n) is 11.1. The van der Waals surface area contributed by atoms with Crippen LogP contribution in [0.3, 0.4) is 0 Å². The van der Waals surface area contributed by atoms with Crippen LogP contribution in [-0.4, -0.2) is 46.9 Å². The lowest BCUT2D eigenvalue weighted by Gasteiger charge is -2.21. The van der Waals surface area contributed by atoms with Crippen LogP contribution in [0.2, 0.25) is 0 Å². The van der Waals surface area contributed by atoms with Crippen molar-refractivity contribution in [3.8, 4) is 0 Å². The van der Waals surface area contributed by atoms with Crippen LogP contribution in [0.1, 0.15) is 17.6 Å². The Bertz CT molecular complexity index is 1580. The van der Waals surface area contributed by atoms with E-state index in [2.05, 4.69) is 67.1 Å². The highest BCUT2D eigenvalue weighted by atomic mass is 16.5. The zero-order chi connectivity index (χ0) is 22.3. The lowest BCUT2D eigenvalue weighted by molar-refractivity contribution is 0.363. The van der Waals surface area contributed by atoms with Gasteiger partial charge in [-0.25, -0.2) is 9.97 Å². The van der Waals surface area contributed by atoms with Gasteiger partial charge < -0.3 is 18.6 Å². The number of aryl methyl sites for hydroxylation is 2. The monoisotopic (exact) mass is 442 g/mol.